The summed E-state index contributed by atoms with van der Waals surface area (Å²) in [6, 6.07) is 5.26. The van der Waals surface area contributed by atoms with Crippen LogP contribution in [0.5, 0.6) is 0 Å². The molecule has 42 heavy (non-hydrogen) atoms. The molecule has 0 radical (unpaired) electrons. The van der Waals surface area contributed by atoms with Gasteiger partial charge in [-0.25, -0.2) is 23.1 Å². The van der Waals surface area contributed by atoms with Gasteiger partial charge in [-0.15, -0.1) is 0 Å². The molecule has 4 rings (SSSR count). The molecule has 1 aliphatic heterocycles. The molecule has 2 aromatic carbocycles. The molecular weight excluding hydrogens is 565 g/mol. The zero-order valence-corrected chi connectivity index (χ0v) is 23.3. The minimum atomic E-state index is -5.23. The highest BCUT2D eigenvalue weighted by Crippen LogP contribution is 2.38. The Morgan fingerprint density at radius 1 is 1.00 bits per heavy atom. The molecule has 14 heteroatoms. The van der Waals surface area contributed by atoms with E-state index < -0.39 is 58.9 Å². The number of rotatable bonds is 4. The Labute approximate surface area is 237 Å². The number of halogens is 5. The van der Waals surface area contributed by atoms with Gasteiger partial charge < -0.3 is 15.0 Å². The Bertz CT molecular complexity index is 1550. The highest BCUT2D eigenvalue weighted by Gasteiger charge is 2.50. The maximum Gasteiger partial charge on any atom is 0.471 e. The Hall–Kier alpha value is -4.49. The van der Waals surface area contributed by atoms with Crippen LogP contribution in [0.2, 0.25) is 0 Å². The minimum absolute atomic E-state index is 0.119. The van der Waals surface area contributed by atoms with E-state index in [4.69, 9.17) is 0 Å². The van der Waals surface area contributed by atoms with Gasteiger partial charge in [0.25, 0.3) is 0 Å². The number of methoxy groups -OCH3 is 1. The van der Waals surface area contributed by atoms with Crippen LogP contribution in [0.3, 0.4) is 0 Å². The molecule has 0 spiro atoms. The molecule has 0 fully saturated rings. The second-order valence-electron chi connectivity index (χ2n) is 10.8. The van der Waals surface area contributed by atoms with Crippen molar-refractivity contribution in [3.05, 3.63) is 70.9 Å². The number of benzene rings is 2. The topological polar surface area (TPSA) is 106 Å². The Balaban J connectivity index is 1.75. The van der Waals surface area contributed by atoms with Crippen molar-refractivity contribution in [2.24, 2.45) is 0 Å². The van der Waals surface area contributed by atoms with Gasteiger partial charge in [0, 0.05) is 24.0 Å². The third-order valence-electron chi connectivity index (χ3n) is 6.84. The highest BCUT2D eigenvalue weighted by molar-refractivity contribution is 5.99. The summed E-state index contributed by atoms with van der Waals surface area (Å²) in [5.74, 6) is -4.67. The monoisotopic (exact) mass is 593 g/mol. The number of aromatic nitrogens is 2. The van der Waals surface area contributed by atoms with Crippen molar-refractivity contribution < 1.29 is 41.1 Å². The number of nitrogens with zero attached hydrogens (tertiary/aromatic N) is 3. The first-order chi connectivity index (χ1) is 19.5. The number of carbonyl (C=O) groups excluding carboxylic acids is 3. The van der Waals surface area contributed by atoms with Crippen LogP contribution in [-0.4, -0.2) is 51.9 Å². The van der Waals surface area contributed by atoms with Crippen molar-refractivity contribution in [2.45, 2.75) is 57.8 Å². The molecule has 3 aromatic rings. The van der Waals surface area contributed by atoms with E-state index in [1.54, 1.807) is 18.2 Å². The quantitative estimate of drug-likeness (QED) is 0.301. The van der Waals surface area contributed by atoms with Gasteiger partial charge in [-0.05, 0) is 42.3 Å². The van der Waals surface area contributed by atoms with Crippen molar-refractivity contribution in [1.29, 1.82) is 0 Å². The normalized spacial score (nSPS) is 17.0. The Kier molecular flexibility index (Phi) is 8.03. The molecular formula is C28H28F5N5O4. The van der Waals surface area contributed by atoms with E-state index in [0.29, 0.717) is 27.4 Å². The van der Waals surface area contributed by atoms with Gasteiger partial charge in [-0.1, -0.05) is 26.8 Å². The fourth-order valence-corrected chi connectivity index (χ4v) is 4.71. The number of esters is 1. The molecule has 0 aliphatic carbocycles. The molecule has 2 unspecified atom stereocenters. The van der Waals surface area contributed by atoms with Gasteiger partial charge in [-0.2, -0.15) is 18.3 Å². The molecule has 0 saturated heterocycles. The summed E-state index contributed by atoms with van der Waals surface area (Å²) in [6.45, 7) is 6.97. The average Bonchev–Trinajstić information content (AvgIpc) is 3.33. The first-order valence-electron chi connectivity index (χ1n) is 12.8. The largest absolute Gasteiger partial charge is 0.471 e. The number of hydrogen-bond acceptors (Lipinski definition) is 5. The fourth-order valence-electron chi connectivity index (χ4n) is 4.71. The first kappa shape index (κ1) is 30.5. The summed E-state index contributed by atoms with van der Waals surface area (Å²) in [6.07, 6.45) is -5.45. The molecule has 0 saturated carbocycles. The minimum Gasteiger partial charge on any atom is -0.467 e. The van der Waals surface area contributed by atoms with E-state index >= 15 is 0 Å². The lowest BCUT2D eigenvalue weighted by molar-refractivity contribution is -0.193. The van der Waals surface area contributed by atoms with Crippen LogP contribution < -0.4 is 10.6 Å². The summed E-state index contributed by atoms with van der Waals surface area (Å²) in [5.41, 5.74) is 0.796. The van der Waals surface area contributed by atoms with Gasteiger partial charge in [0.2, 0.25) is 0 Å². The van der Waals surface area contributed by atoms with Crippen molar-refractivity contribution in [2.75, 3.05) is 17.7 Å². The van der Waals surface area contributed by atoms with Crippen LogP contribution in [0, 0.1) is 11.6 Å². The number of nitrogens with one attached hydrogen (secondary N) is 2. The predicted molar refractivity (Wildman–Crippen MR) is 142 cm³/mol. The zero-order chi connectivity index (χ0) is 31.1. The van der Waals surface area contributed by atoms with Gasteiger partial charge in [0.05, 0.1) is 30.2 Å². The van der Waals surface area contributed by atoms with E-state index in [-0.39, 0.29) is 12.2 Å². The third kappa shape index (κ3) is 6.06. The van der Waals surface area contributed by atoms with Crippen molar-refractivity contribution in [1.82, 2.24) is 14.7 Å². The lowest BCUT2D eigenvalue weighted by Crippen LogP contribution is -2.54. The number of ether oxygens (including phenoxy) is 1. The number of carbonyl (C=O) groups is 3. The maximum atomic E-state index is 14.1. The number of amides is 3. The summed E-state index contributed by atoms with van der Waals surface area (Å²) >= 11 is 0. The molecule has 0 bridgehead atoms. The number of hydrogen-bond donors (Lipinski definition) is 2. The van der Waals surface area contributed by atoms with Crippen molar-refractivity contribution >= 4 is 29.4 Å². The van der Waals surface area contributed by atoms with E-state index in [1.807, 2.05) is 20.8 Å². The molecule has 2 heterocycles. The molecule has 2 atom stereocenters. The SMILES string of the molecule is COC(=O)C1Cc2ccc(-n3nc(C(C)(C)C)cc3NC(=O)Nc3cc(F)ccc3F)cc2C(C)N1C(=O)C(F)(F)F. The molecule has 3 amide bonds. The second-order valence-corrected chi connectivity index (χ2v) is 10.8. The van der Waals surface area contributed by atoms with Gasteiger partial charge in [-0.3, -0.25) is 10.1 Å². The number of urea groups is 1. The smallest absolute Gasteiger partial charge is 0.467 e. The van der Waals surface area contributed by atoms with Crippen LogP contribution in [0.25, 0.3) is 5.69 Å². The van der Waals surface area contributed by atoms with Crippen LogP contribution in [0.1, 0.15) is 50.6 Å². The summed E-state index contributed by atoms with van der Waals surface area (Å²) in [4.78, 5) is 38.0. The first-order valence-corrected chi connectivity index (χ1v) is 12.8. The molecule has 9 nitrogen and oxygen atoms in total. The molecule has 1 aromatic heterocycles. The van der Waals surface area contributed by atoms with Crippen molar-refractivity contribution in [3.8, 4) is 5.69 Å². The number of fused-ring (bicyclic) bond motifs is 1. The highest BCUT2D eigenvalue weighted by atomic mass is 19.4. The van der Waals surface area contributed by atoms with Crippen molar-refractivity contribution in [3.63, 3.8) is 0 Å². The third-order valence-corrected chi connectivity index (χ3v) is 6.84. The maximum absolute atomic E-state index is 14.1. The van der Waals surface area contributed by atoms with Gasteiger partial charge >= 0.3 is 24.1 Å². The summed E-state index contributed by atoms with van der Waals surface area (Å²) in [7, 11) is 1.03. The van der Waals surface area contributed by atoms with E-state index in [2.05, 4.69) is 20.5 Å². The van der Waals surface area contributed by atoms with E-state index in [0.717, 1.165) is 25.3 Å². The molecule has 1 aliphatic rings. The second kappa shape index (κ2) is 11.1. The standard InChI is InChI=1S/C28H28F5N5O4/c1-14-18-12-17(8-6-15(18)10-21(24(39)42-5)37(14)25(40)28(31,32)33)38-23(13-22(36-38)27(2,3)4)35-26(41)34-20-11-16(29)7-9-19(20)30/h6-9,11-14,21H,10H2,1-5H3,(H2,34,35,41). The fraction of sp³-hybridized carbons (Fsp3) is 0.357. The van der Waals surface area contributed by atoms with Crippen LogP contribution in [0.15, 0.2) is 42.5 Å². The summed E-state index contributed by atoms with van der Waals surface area (Å²) in [5, 5.41) is 9.36. The number of alkyl halides is 3. The van der Waals surface area contributed by atoms with E-state index in [1.165, 1.54) is 17.7 Å². The molecule has 224 valence electrons. The van der Waals surface area contributed by atoms with Gasteiger partial charge in [0.15, 0.2) is 0 Å². The average molecular weight is 594 g/mol. The summed E-state index contributed by atoms with van der Waals surface area (Å²) < 4.78 is 74.2. The molecule has 2 N–H and O–H groups in total. The lowest BCUT2D eigenvalue weighted by atomic mass is 9.88. The van der Waals surface area contributed by atoms with Gasteiger partial charge in [0.1, 0.15) is 23.5 Å². The van der Waals surface area contributed by atoms with E-state index in [9.17, 15) is 36.3 Å². The predicted octanol–water partition coefficient (Wildman–Crippen LogP) is 5.64. The Morgan fingerprint density at radius 3 is 2.31 bits per heavy atom. The lowest BCUT2D eigenvalue weighted by Gasteiger charge is -2.40. The number of anilines is 2. The zero-order valence-electron chi connectivity index (χ0n) is 23.3. The van der Waals surface area contributed by atoms with Crippen LogP contribution in [-0.2, 0) is 26.2 Å². The Morgan fingerprint density at radius 2 is 1.69 bits per heavy atom. The van der Waals surface area contributed by atoms with Crippen LogP contribution in [0.4, 0.5) is 38.3 Å². The van der Waals surface area contributed by atoms with Crippen LogP contribution >= 0.6 is 0 Å².